The Labute approximate surface area is 175 Å². The number of hydrogen-bond donors (Lipinski definition) is 1. The standard InChI is InChI=1S/C22H26N4O2S/c27-20-9-5-4-8-19(20)21-23-24-22(29-17-14-25-12-15-28-16-13-25)26(21)11-10-18-6-2-1-3-7-18/h1-9,27H,10-17H2. The smallest absolute Gasteiger partial charge is 0.191 e. The van der Waals surface area contributed by atoms with Gasteiger partial charge in [0.15, 0.2) is 11.0 Å². The van der Waals surface area contributed by atoms with Crippen molar-refractivity contribution in [3.8, 4) is 17.1 Å². The van der Waals surface area contributed by atoms with E-state index in [9.17, 15) is 5.11 Å². The third kappa shape index (κ3) is 5.18. The number of phenolic OH excluding ortho intramolecular Hbond substituents is 1. The van der Waals surface area contributed by atoms with Gasteiger partial charge < -0.3 is 14.4 Å². The van der Waals surface area contributed by atoms with Crippen molar-refractivity contribution in [1.82, 2.24) is 19.7 Å². The third-order valence-electron chi connectivity index (χ3n) is 5.07. The lowest BCUT2D eigenvalue weighted by atomic mass is 10.1. The van der Waals surface area contributed by atoms with Crippen molar-refractivity contribution in [2.24, 2.45) is 0 Å². The highest BCUT2D eigenvalue weighted by Gasteiger charge is 2.17. The number of hydrogen-bond acceptors (Lipinski definition) is 6. The second kappa shape index (κ2) is 9.91. The van der Waals surface area contributed by atoms with E-state index in [2.05, 4.69) is 43.9 Å². The first kappa shape index (κ1) is 19.9. The molecule has 0 amide bonds. The number of aryl methyl sites for hydroxylation is 1. The van der Waals surface area contributed by atoms with Crippen LogP contribution in [0.4, 0.5) is 0 Å². The molecule has 1 aromatic heterocycles. The summed E-state index contributed by atoms with van der Waals surface area (Å²) in [5, 5.41) is 20.1. The monoisotopic (exact) mass is 410 g/mol. The molecular formula is C22H26N4O2S. The molecular weight excluding hydrogens is 384 g/mol. The van der Waals surface area contributed by atoms with Crippen molar-refractivity contribution in [2.45, 2.75) is 18.1 Å². The van der Waals surface area contributed by atoms with E-state index in [0.717, 1.165) is 56.7 Å². The Morgan fingerprint density at radius 2 is 1.69 bits per heavy atom. The zero-order chi connectivity index (χ0) is 19.9. The summed E-state index contributed by atoms with van der Waals surface area (Å²) in [6, 6.07) is 17.7. The predicted molar refractivity (Wildman–Crippen MR) is 115 cm³/mol. The van der Waals surface area contributed by atoms with E-state index in [1.807, 2.05) is 24.3 Å². The van der Waals surface area contributed by atoms with Crippen molar-refractivity contribution in [3.05, 3.63) is 60.2 Å². The Bertz CT molecular complexity index is 910. The molecule has 1 aliphatic heterocycles. The summed E-state index contributed by atoms with van der Waals surface area (Å²) in [4.78, 5) is 2.42. The summed E-state index contributed by atoms with van der Waals surface area (Å²) in [5.41, 5.74) is 1.99. The van der Waals surface area contributed by atoms with Crippen LogP contribution < -0.4 is 0 Å². The zero-order valence-electron chi connectivity index (χ0n) is 16.4. The molecule has 2 heterocycles. The van der Waals surface area contributed by atoms with E-state index in [-0.39, 0.29) is 5.75 Å². The molecule has 7 heteroatoms. The SMILES string of the molecule is Oc1ccccc1-c1nnc(SCCN2CCOCC2)n1CCc1ccccc1. The highest BCUT2D eigenvalue weighted by molar-refractivity contribution is 7.99. The zero-order valence-corrected chi connectivity index (χ0v) is 17.2. The van der Waals surface area contributed by atoms with Gasteiger partial charge in [0.2, 0.25) is 0 Å². The largest absolute Gasteiger partial charge is 0.507 e. The van der Waals surface area contributed by atoms with Gasteiger partial charge in [-0.25, -0.2) is 0 Å². The molecule has 152 valence electrons. The number of thioether (sulfide) groups is 1. The van der Waals surface area contributed by atoms with E-state index in [4.69, 9.17) is 4.74 Å². The first-order valence-corrected chi connectivity index (χ1v) is 11.0. The molecule has 0 radical (unpaired) electrons. The van der Waals surface area contributed by atoms with Crippen LogP contribution >= 0.6 is 11.8 Å². The van der Waals surface area contributed by atoms with Gasteiger partial charge in [0.05, 0.1) is 18.8 Å². The van der Waals surface area contributed by atoms with Crippen LogP contribution in [0, 0.1) is 0 Å². The Balaban J connectivity index is 1.51. The fraction of sp³-hybridized carbons (Fsp3) is 0.364. The molecule has 2 aromatic carbocycles. The molecule has 1 aliphatic rings. The number of para-hydroxylation sites is 1. The van der Waals surface area contributed by atoms with Crippen LogP contribution in [-0.2, 0) is 17.7 Å². The average molecular weight is 411 g/mol. The maximum absolute atomic E-state index is 10.3. The van der Waals surface area contributed by atoms with E-state index in [0.29, 0.717) is 11.4 Å². The molecule has 0 aliphatic carbocycles. The van der Waals surface area contributed by atoms with E-state index >= 15 is 0 Å². The number of morpholine rings is 1. The maximum Gasteiger partial charge on any atom is 0.191 e. The van der Waals surface area contributed by atoms with Gasteiger partial charge in [-0.1, -0.05) is 54.2 Å². The lowest BCUT2D eigenvalue weighted by Crippen LogP contribution is -2.37. The molecule has 1 saturated heterocycles. The van der Waals surface area contributed by atoms with E-state index in [1.54, 1.807) is 17.8 Å². The lowest BCUT2D eigenvalue weighted by molar-refractivity contribution is 0.0410. The second-order valence-electron chi connectivity index (χ2n) is 7.01. The van der Waals surface area contributed by atoms with Crippen molar-refractivity contribution in [2.75, 3.05) is 38.6 Å². The van der Waals surface area contributed by atoms with Gasteiger partial charge >= 0.3 is 0 Å². The number of ether oxygens (including phenoxy) is 1. The van der Waals surface area contributed by atoms with Crippen molar-refractivity contribution in [3.63, 3.8) is 0 Å². The third-order valence-corrected chi connectivity index (χ3v) is 6.02. The minimum atomic E-state index is 0.228. The molecule has 0 bridgehead atoms. The van der Waals surface area contributed by atoms with Crippen LogP contribution in [0.1, 0.15) is 5.56 Å². The highest BCUT2D eigenvalue weighted by atomic mass is 32.2. The Hall–Kier alpha value is -2.35. The van der Waals surface area contributed by atoms with Crippen LogP contribution in [0.25, 0.3) is 11.4 Å². The van der Waals surface area contributed by atoms with Gasteiger partial charge in [-0.15, -0.1) is 10.2 Å². The summed E-state index contributed by atoms with van der Waals surface area (Å²) in [6.07, 6.45) is 0.885. The Morgan fingerprint density at radius 1 is 0.931 bits per heavy atom. The number of nitrogens with zero attached hydrogens (tertiary/aromatic N) is 4. The number of aromatic hydroxyl groups is 1. The predicted octanol–water partition coefficient (Wildman–Crippen LogP) is 3.32. The van der Waals surface area contributed by atoms with Gasteiger partial charge in [-0.05, 0) is 24.1 Å². The van der Waals surface area contributed by atoms with E-state index in [1.165, 1.54) is 5.56 Å². The average Bonchev–Trinajstić information content (AvgIpc) is 3.16. The minimum absolute atomic E-state index is 0.228. The highest BCUT2D eigenvalue weighted by Crippen LogP contribution is 2.30. The summed E-state index contributed by atoms with van der Waals surface area (Å²) in [7, 11) is 0. The topological polar surface area (TPSA) is 63.4 Å². The van der Waals surface area contributed by atoms with Crippen LogP contribution in [0.2, 0.25) is 0 Å². The lowest BCUT2D eigenvalue weighted by Gasteiger charge is -2.26. The minimum Gasteiger partial charge on any atom is -0.507 e. The number of phenols is 1. The summed E-state index contributed by atoms with van der Waals surface area (Å²) in [5.74, 6) is 1.89. The number of benzene rings is 2. The fourth-order valence-corrected chi connectivity index (χ4v) is 4.40. The fourth-order valence-electron chi connectivity index (χ4n) is 3.44. The van der Waals surface area contributed by atoms with Crippen LogP contribution in [0.5, 0.6) is 5.75 Å². The molecule has 6 nitrogen and oxygen atoms in total. The first-order valence-electron chi connectivity index (χ1n) is 9.99. The van der Waals surface area contributed by atoms with E-state index < -0.39 is 0 Å². The summed E-state index contributed by atoms with van der Waals surface area (Å²) < 4.78 is 7.55. The molecule has 0 unspecified atom stereocenters. The Kier molecular flexibility index (Phi) is 6.82. The molecule has 1 fully saturated rings. The van der Waals surface area contributed by atoms with Gasteiger partial charge in [-0.3, -0.25) is 4.90 Å². The van der Waals surface area contributed by atoms with Gasteiger partial charge in [0.25, 0.3) is 0 Å². The molecule has 3 aromatic rings. The number of rotatable bonds is 8. The van der Waals surface area contributed by atoms with Crippen LogP contribution in [0.3, 0.4) is 0 Å². The summed E-state index contributed by atoms with van der Waals surface area (Å²) in [6.45, 7) is 5.38. The molecule has 29 heavy (non-hydrogen) atoms. The van der Waals surface area contributed by atoms with Crippen molar-refractivity contribution >= 4 is 11.8 Å². The molecule has 1 N–H and O–H groups in total. The van der Waals surface area contributed by atoms with Gasteiger partial charge in [-0.2, -0.15) is 0 Å². The molecule has 4 rings (SSSR count). The van der Waals surface area contributed by atoms with Gasteiger partial charge in [0, 0.05) is 31.9 Å². The second-order valence-corrected chi connectivity index (χ2v) is 8.08. The normalized spacial score (nSPS) is 14.9. The Morgan fingerprint density at radius 3 is 2.48 bits per heavy atom. The molecule has 0 spiro atoms. The van der Waals surface area contributed by atoms with Crippen molar-refractivity contribution < 1.29 is 9.84 Å². The molecule has 0 atom stereocenters. The van der Waals surface area contributed by atoms with Crippen molar-refractivity contribution in [1.29, 1.82) is 0 Å². The maximum atomic E-state index is 10.3. The first-order chi connectivity index (χ1) is 14.3. The number of aromatic nitrogens is 3. The summed E-state index contributed by atoms with van der Waals surface area (Å²) >= 11 is 1.72. The van der Waals surface area contributed by atoms with Crippen LogP contribution in [0.15, 0.2) is 59.8 Å². The quantitative estimate of drug-likeness (QED) is 0.575. The molecule has 0 saturated carbocycles. The van der Waals surface area contributed by atoms with Crippen LogP contribution in [-0.4, -0.2) is 63.4 Å². The van der Waals surface area contributed by atoms with Gasteiger partial charge in [0.1, 0.15) is 5.75 Å².